The van der Waals surface area contributed by atoms with E-state index in [1.165, 1.54) is 11.8 Å². The molecule has 1 fully saturated rings. The van der Waals surface area contributed by atoms with E-state index < -0.39 is 11.7 Å². The van der Waals surface area contributed by atoms with E-state index in [0.717, 1.165) is 5.75 Å². The van der Waals surface area contributed by atoms with Gasteiger partial charge in [0.2, 0.25) is 0 Å². The van der Waals surface area contributed by atoms with Gasteiger partial charge < -0.3 is 5.32 Å². The third kappa shape index (κ3) is 2.24. The molecule has 0 aromatic heterocycles. The molecular weight excluding hydrogens is 225 g/mol. The maximum absolute atomic E-state index is 12.6. The highest BCUT2D eigenvalue weighted by Gasteiger charge is 2.64. The molecule has 0 aromatic rings. The number of hydrogen-bond donors (Lipinski definition) is 1. The maximum atomic E-state index is 12.6. The van der Waals surface area contributed by atoms with Crippen molar-refractivity contribution in [2.75, 3.05) is 12.3 Å². The molecule has 15 heavy (non-hydrogen) atoms. The second-order valence-electron chi connectivity index (χ2n) is 4.27. The molecule has 2 nitrogen and oxygen atoms in total. The monoisotopic (exact) mass is 238 g/mol. The Morgan fingerprint density at radius 3 is 2.53 bits per heavy atom. The number of aliphatic imine (C=N–C) groups is 1. The molecule has 0 spiro atoms. The van der Waals surface area contributed by atoms with Crippen LogP contribution in [0.3, 0.4) is 0 Å². The zero-order valence-electron chi connectivity index (χ0n) is 8.40. The predicted molar refractivity (Wildman–Crippen MR) is 55.1 cm³/mol. The van der Waals surface area contributed by atoms with Crippen molar-refractivity contribution in [3.63, 3.8) is 0 Å². The summed E-state index contributed by atoms with van der Waals surface area (Å²) >= 11 is 1.39. The van der Waals surface area contributed by atoms with Gasteiger partial charge in [0.15, 0.2) is 5.17 Å². The van der Waals surface area contributed by atoms with Crippen LogP contribution in [0.4, 0.5) is 13.2 Å². The number of amidine groups is 1. The van der Waals surface area contributed by atoms with Crippen molar-refractivity contribution in [2.24, 2.45) is 10.9 Å². The summed E-state index contributed by atoms with van der Waals surface area (Å²) in [6.45, 7) is 2.67. The van der Waals surface area contributed by atoms with Gasteiger partial charge in [-0.1, -0.05) is 18.7 Å². The highest BCUT2D eigenvalue weighted by Crippen LogP contribution is 2.49. The zero-order valence-corrected chi connectivity index (χ0v) is 9.21. The summed E-state index contributed by atoms with van der Waals surface area (Å²) in [6, 6.07) is 0. The van der Waals surface area contributed by atoms with E-state index in [4.69, 9.17) is 0 Å². The van der Waals surface area contributed by atoms with Crippen molar-refractivity contribution in [1.29, 1.82) is 0 Å². The number of thioether (sulfide) groups is 1. The topological polar surface area (TPSA) is 24.4 Å². The summed E-state index contributed by atoms with van der Waals surface area (Å²) in [4.78, 5) is 4.12. The van der Waals surface area contributed by atoms with Crippen molar-refractivity contribution in [2.45, 2.75) is 31.5 Å². The van der Waals surface area contributed by atoms with Gasteiger partial charge in [0.25, 0.3) is 0 Å². The van der Waals surface area contributed by atoms with Crippen LogP contribution in [0.15, 0.2) is 4.99 Å². The first-order valence-electron chi connectivity index (χ1n) is 4.95. The fourth-order valence-corrected chi connectivity index (χ4v) is 2.42. The minimum Gasteiger partial charge on any atom is -0.351 e. The normalized spacial score (nSPS) is 29.6. The van der Waals surface area contributed by atoms with Crippen LogP contribution < -0.4 is 5.32 Å². The SMILES string of the molecule is CC1CN=C(NC2(C(F)(F)F)CC2)SC1. The fourth-order valence-electron chi connectivity index (χ4n) is 1.44. The molecule has 2 aliphatic rings. The molecule has 86 valence electrons. The Bertz CT molecular complexity index is 284. The Hall–Kier alpha value is -0.390. The fraction of sp³-hybridized carbons (Fsp3) is 0.889. The lowest BCUT2D eigenvalue weighted by Gasteiger charge is -2.25. The smallest absolute Gasteiger partial charge is 0.351 e. The minimum atomic E-state index is -4.15. The summed E-state index contributed by atoms with van der Waals surface area (Å²) in [6.07, 6.45) is -3.81. The average Bonchev–Trinajstić information content (AvgIpc) is 2.89. The van der Waals surface area contributed by atoms with E-state index >= 15 is 0 Å². The molecule has 0 amide bonds. The van der Waals surface area contributed by atoms with Gasteiger partial charge in [-0.2, -0.15) is 13.2 Å². The second kappa shape index (κ2) is 3.57. The molecule has 0 saturated heterocycles. The summed E-state index contributed by atoms with van der Waals surface area (Å²) in [7, 11) is 0. The Balaban J connectivity index is 1.98. The first kappa shape index (κ1) is 11.1. The Labute approximate surface area is 90.7 Å². The molecule has 0 aromatic carbocycles. The highest BCUT2D eigenvalue weighted by atomic mass is 32.2. The number of alkyl halides is 3. The van der Waals surface area contributed by atoms with Crippen LogP contribution in [0.2, 0.25) is 0 Å². The van der Waals surface area contributed by atoms with E-state index in [9.17, 15) is 13.2 Å². The van der Waals surface area contributed by atoms with E-state index in [1.807, 2.05) is 6.92 Å². The third-order valence-electron chi connectivity index (χ3n) is 2.69. The van der Waals surface area contributed by atoms with Gasteiger partial charge in [-0.05, 0) is 18.8 Å². The number of nitrogens with zero attached hydrogens (tertiary/aromatic N) is 1. The first-order chi connectivity index (χ1) is 6.93. The summed E-state index contributed by atoms with van der Waals surface area (Å²) in [5, 5.41) is 3.02. The van der Waals surface area contributed by atoms with E-state index in [1.54, 1.807) is 0 Å². The highest BCUT2D eigenvalue weighted by molar-refractivity contribution is 8.13. The summed E-state index contributed by atoms with van der Waals surface area (Å²) in [5.41, 5.74) is -1.67. The van der Waals surface area contributed by atoms with Crippen LogP contribution in [0, 0.1) is 5.92 Å². The van der Waals surface area contributed by atoms with Crippen molar-refractivity contribution in [3.05, 3.63) is 0 Å². The van der Waals surface area contributed by atoms with Gasteiger partial charge >= 0.3 is 6.18 Å². The van der Waals surface area contributed by atoms with Crippen molar-refractivity contribution >= 4 is 16.9 Å². The lowest BCUT2D eigenvalue weighted by molar-refractivity contribution is -0.161. The molecule has 2 rings (SSSR count). The number of halogens is 3. The van der Waals surface area contributed by atoms with Gasteiger partial charge in [-0.3, -0.25) is 4.99 Å². The number of hydrogen-bond acceptors (Lipinski definition) is 3. The van der Waals surface area contributed by atoms with Gasteiger partial charge in [-0.25, -0.2) is 0 Å². The zero-order chi connectivity index (χ0) is 11.1. The number of rotatable bonds is 1. The first-order valence-corrected chi connectivity index (χ1v) is 5.94. The molecule has 0 bridgehead atoms. The van der Waals surface area contributed by atoms with Gasteiger partial charge in [0.05, 0.1) is 0 Å². The number of nitrogens with one attached hydrogen (secondary N) is 1. The predicted octanol–water partition coefficient (Wildman–Crippen LogP) is 2.41. The molecule has 1 N–H and O–H groups in total. The quantitative estimate of drug-likeness (QED) is 0.758. The maximum Gasteiger partial charge on any atom is 0.411 e. The van der Waals surface area contributed by atoms with Crippen LogP contribution in [-0.4, -0.2) is 29.2 Å². The molecule has 1 heterocycles. The standard InChI is InChI=1S/C9H13F3N2S/c1-6-4-13-7(15-5-6)14-8(2-3-8)9(10,11)12/h6H,2-5H2,1H3,(H,13,14). The molecule has 1 aliphatic heterocycles. The lowest BCUT2D eigenvalue weighted by Crippen LogP contribution is -2.47. The lowest BCUT2D eigenvalue weighted by atomic mass is 10.2. The van der Waals surface area contributed by atoms with Crippen LogP contribution >= 0.6 is 11.8 Å². The van der Waals surface area contributed by atoms with Crippen LogP contribution in [0.5, 0.6) is 0 Å². The summed E-state index contributed by atoms with van der Waals surface area (Å²) in [5.74, 6) is 1.31. The third-order valence-corrected chi connectivity index (χ3v) is 3.93. The van der Waals surface area contributed by atoms with Crippen molar-refractivity contribution < 1.29 is 13.2 Å². The molecule has 1 unspecified atom stereocenters. The van der Waals surface area contributed by atoms with Gasteiger partial charge in [0, 0.05) is 12.3 Å². The molecule has 6 heteroatoms. The molecule has 1 aliphatic carbocycles. The minimum absolute atomic E-state index is 0.172. The van der Waals surface area contributed by atoms with E-state index in [2.05, 4.69) is 10.3 Å². The van der Waals surface area contributed by atoms with Crippen molar-refractivity contribution in [3.8, 4) is 0 Å². The van der Waals surface area contributed by atoms with E-state index in [-0.39, 0.29) is 12.8 Å². The Morgan fingerprint density at radius 2 is 2.13 bits per heavy atom. The van der Waals surface area contributed by atoms with Gasteiger partial charge in [-0.15, -0.1) is 0 Å². The Kier molecular flexibility index (Phi) is 2.65. The summed E-state index contributed by atoms with van der Waals surface area (Å²) < 4.78 is 37.8. The van der Waals surface area contributed by atoms with Crippen molar-refractivity contribution in [1.82, 2.24) is 5.32 Å². The largest absolute Gasteiger partial charge is 0.411 e. The average molecular weight is 238 g/mol. The second-order valence-corrected chi connectivity index (χ2v) is 5.28. The van der Waals surface area contributed by atoms with Crippen LogP contribution in [0.25, 0.3) is 0 Å². The Morgan fingerprint density at radius 1 is 1.47 bits per heavy atom. The van der Waals surface area contributed by atoms with Crippen LogP contribution in [-0.2, 0) is 0 Å². The van der Waals surface area contributed by atoms with Crippen LogP contribution in [0.1, 0.15) is 19.8 Å². The molecule has 1 atom stereocenters. The molecule has 0 radical (unpaired) electrons. The van der Waals surface area contributed by atoms with Gasteiger partial charge in [0.1, 0.15) is 5.54 Å². The molecule has 1 saturated carbocycles. The molecular formula is C9H13F3N2S. The van der Waals surface area contributed by atoms with E-state index in [0.29, 0.717) is 17.6 Å².